The molecule has 0 unspecified atom stereocenters. The van der Waals surface area contributed by atoms with Gasteiger partial charge in [-0.15, -0.1) is 0 Å². The molecule has 0 aliphatic carbocycles. The van der Waals surface area contributed by atoms with Gasteiger partial charge in [0.1, 0.15) is 17.3 Å². The Bertz CT molecular complexity index is 2070. The lowest BCUT2D eigenvalue weighted by atomic mass is 9.57. The van der Waals surface area contributed by atoms with Crippen LogP contribution in [0.4, 0.5) is 25.8 Å². The SMILES string of the molecule is O=C1ON=C(c2ccccc2)[C@@]12[C@@H](c1cc(F)ccc1[N+](=O)[O-])c1c(ccc3cn[nH]c13)N[C@H]2c1cc(F)ccc1[N+](=O)[O-]. The van der Waals surface area contributed by atoms with E-state index in [2.05, 4.69) is 20.7 Å². The van der Waals surface area contributed by atoms with Crippen molar-refractivity contribution in [3.8, 4) is 0 Å². The average Bonchev–Trinajstić information content (AvgIpc) is 3.62. The molecule has 0 fully saturated rings. The smallest absolute Gasteiger partial charge is 0.350 e. The van der Waals surface area contributed by atoms with E-state index in [1.54, 1.807) is 42.5 Å². The van der Waals surface area contributed by atoms with Crippen LogP contribution in [0.1, 0.15) is 34.2 Å². The molecule has 2 aliphatic heterocycles. The Balaban J connectivity index is 1.68. The maximum Gasteiger partial charge on any atom is 0.350 e. The second-order valence-corrected chi connectivity index (χ2v) is 10.3. The van der Waals surface area contributed by atoms with Crippen molar-refractivity contribution in [1.29, 1.82) is 0 Å². The van der Waals surface area contributed by atoms with E-state index >= 15 is 4.39 Å². The molecule has 4 aromatic carbocycles. The highest BCUT2D eigenvalue weighted by Crippen LogP contribution is 2.62. The summed E-state index contributed by atoms with van der Waals surface area (Å²) in [5.74, 6) is -4.18. The minimum atomic E-state index is -2.18. The molecule has 7 rings (SSSR count). The first-order chi connectivity index (χ1) is 21.2. The van der Waals surface area contributed by atoms with Gasteiger partial charge in [-0.05, 0) is 36.4 Å². The number of rotatable bonds is 5. The third-order valence-electron chi connectivity index (χ3n) is 8.15. The lowest BCUT2D eigenvalue weighted by Gasteiger charge is -2.46. The number of carbonyl (C=O) groups is 1. The molecule has 0 amide bonds. The number of nitrogens with one attached hydrogen (secondary N) is 2. The Labute approximate surface area is 245 Å². The Kier molecular flexibility index (Phi) is 5.95. The van der Waals surface area contributed by atoms with Crippen LogP contribution in [0.3, 0.4) is 0 Å². The molecule has 218 valence electrons. The number of nitro groups is 2. The fourth-order valence-electron chi connectivity index (χ4n) is 6.43. The maximum absolute atomic E-state index is 15.1. The molecule has 5 aromatic rings. The van der Waals surface area contributed by atoms with Crippen LogP contribution in [-0.4, -0.2) is 31.7 Å². The molecule has 0 saturated heterocycles. The fraction of sp³-hybridized carbons (Fsp3) is 0.100. The van der Waals surface area contributed by atoms with Gasteiger partial charge in [0.15, 0.2) is 5.41 Å². The van der Waals surface area contributed by atoms with Gasteiger partial charge >= 0.3 is 5.97 Å². The normalized spacial score (nSPS) is 20.6. The number of nitrogens with zero attached hydrogens (tertiary/aromatic N) is 4. The summed E-state index contributed by atoms with van der Waals surface area (Å²) in [7, 11) is 0. The standard InChI is InChI=1S/C30H18F2N6O6/c31-17-7-10-22(37(40)41)19(12-17)25-24-21(9-6-16-14-33-35-26(16)24)34-28(20-13-18(32)8-11-23(20)38(42)43)30(25)27(36-44-29(30)39)15-4-2-1-3-5-15/h1-14,25,28,34H,(H,33,35)/t25-,28-,30+/m0/s1. The fourth-order valence-corrected chi connectivity index (χ4v) is 6.43. The number of hydrogen-bond acceptors (Lipinski definition) is 9. The summed E-state index contributed by atoms with van der Waals surface area (Å²) in [6, 6.07) is 15.7. The number of hydrogen-bond donors (Lipinski definition) is 2. The molecule has 44 heavy (non-hydrogen) atoms. The van der Waals surface area contributed by atoms with Crippen molar-refractivity contribution in [2.45, 2.75) is 12.0 Å². The first-order valence-corrected chi connectivity index (χ1v) is 13.2. The average molecular weight is 597 g/mol. The molecular weight excluding hydrogens is 578 g/mol. The van der Waals surface area contributed by atoms with Gasteiger partial charge in [0, 0.05) is 45.8 Å². The van der Waals surface area contributed by atoms with E-state index in [4.69, 9.17) is 4.84 Å². The van der Waals surface area contributed by atoms with Crippen molar-refractivity contribution in [1.82, 2.24) is 10.2 Å². The number of carbonyl (C=O) groups excluding carboxylic acids is 1. The van der Waals surface area contributed by atoms with E-state index in [0.717, 1.165) is 36.4 Å². The summed E-state index contributed by atoms with van der Waals surface area (Å²) in [5.41, 5.74) is -2.52. The van der Waals surface area contributed by atoms with Crippen LogP contribution in [0.15, 0.2) is 90.2 Å². The number of halogens is 2. The van der Waals surface area contributed by atoms with Crippen LogP contribution in [0, 0.1) is 37.3 Å². The summed E-state index contributed by atoms with van der Waals surface area (Å²) in [5, 5.41) is 39.6. The van der Waals surface area contributed by atoms with Crippen molar-refractivity contribution in [2.75, 3.05) is 5.32 Å². The second kappa shape index (κ2) is 9.76. The minimum Gasteiger partial charge on any atom is -0.376 e. The molecule has 1 spiro atoms. The maximum atomic E-state index is 15.1. The van der Waals surface area contributed by atoms with Gasteiger partial charge in [-0.3, -0.25) is 25.3 Å². The third kappa shape index (κ3) is 3.77. The lowest BCUT2D eigenvalue weighted by Crippen LogP contribution is -2.52. The zero-order valence-electron chi connectivity index (χ0n) is 22.2. The summed E-state index contributed by atoms with van der Waals surface area (Å²) >= 11 is 0. The van der Waals surface area contributed by atoms with E-state index in [9.17, 15) is 29.4 Å². The molecule has 3 atom stereocenters. The number of H-pyrrole nitrogens is 1. The molecule has 2 N–H and O–H groups in total. The van der Waals surface area contributed by atoms with Crippen LogP contribution in [0.25, 0.3) is 10.9 Å². The topological polar surface area (TPSA) is 166 Å². The van der Waals surface area contributed by atoms with Crippen molar-refractivity contribution >= 4 is 39.6 Å². The molecule has 0 saturated carbocycles. The van der Waals surface area contributed by atoms with Gasteiger partial charge in [0.05, 0.1) is 33.2 Å². The highest BCUT2D eigenvalue weighted by atomic mass is 19.1. The monoisotopic (exact) mass is 596 g/mol. The van der Waals surface area contributed by atoms with Gasteiger partial charge < -0.3 is 10.2 Å². The summed E-state index contributed by atoms with van der Waals surface area (Å²) < 4.78 is 30.0. The molecule has 0 bridgehead atoms. The predicted molar refractivity (Wildman–Crippen MR) is 152 cm³/mol. The summed E-state index contributed by atoms with van der Waals surface area (Å²) in [6.45, 7) is 0. The highest BCUT2D eigenvalue weighted by molar-refractivity contribution is 6.21. The first-order valence-electron chi connectivity index (χ1n) is 13.2. The molecule has 1 aromatic heterocycles. The number of benzene rings is 4. The summed E-state index contributed by atoms with van der Waals surface area (Å²) in [4.78, 5) is 43.0. The van der Waals surface area contributed by atoms with Crippen LogP contribution in [-0.2, 0) is 9.63 Å². The summed E-state index contributed by atoms with van der Waals surface area (Å²) in [6.07, 6.45) is 1.50. The molecular formula is C30H18F2N6O6. The van der Waals surface area contributed by atoms with E-state index in [1.807, 2.05) is 0 Å². The zero-order chi connectivity index (χ0) is 30.7. The third-order valence-corrected chi connectivity index (χ3v) is 8.15. The second-order valence-electron chi connectivity index (χ2n) is 10.3. The van der Waals surface area contributed by atoms with E-state index in [0.29, 0.717) is 16.5 Å². The Hall–Kier alpha value is -6.05. The van der Waals surface area contributed by atoms with Crippen LogP contribution < -0.4 is 5.32 Å². The molecule has 3 heterocycles. The Morgan fingerprint density at radius 1 is 0.864 bits per heavy atom. The van der Waals surface area contributed by atoms with Crippen molar-refractivity contribution < 1.29 is 28.3 Å². The number of fused-ring (bicyclic) bond motifs is 3. The Morgan fingerprint density at radius 2 is 1.52 bits per heavy atom. The molecule has 14 heteroatoms. The molecule has 0 radical (unpaired) electrons. The lowest BCUT2D eigenvalue weighted by molar-refractivity contribution is -0.386. The highest BCUT2D eigenvalue weighted by Gasteiger charge is 2.66. The number of oxime groups is 1. The Morgan fingerprint density at radius 3 is 2.20 bits per heavy atom. The van der Waals surface area contributed by atoms with E-state index in [-0.39, 0.29) is 28.1 Å². The number of nitro benzene ring substituents is 2. The van der Waals surface area contributed by atoms with Crippen LogP contribution in [0.2, 0.25) is 0 Å². The van der Waals surface area contributed by atoms with Gasteiger partial charge in [-0.25, -0.2) is 13.6 Å². The van der Waals surface area contributed by atoms with Crippen molar-refractivity contribution in [2.24, 2.45) is 10.6 Å². The van der Waals surface area contributed by atoms with Gasteiger partial charge in [-0.2, -0.15) is 5.10 Å². The molecule has 12 nitrogen and oxygen atoms in total. The van der Waals surface area contributed by atoms with Gasteiger partial charge in [0.2, 0.25) is 0 Å². The van der Waals surface area contributed by atoms with Crippen molar-refractivity contribution in [3.63, 3.8) is 0 Å². The number of anilines is 1. The van der Waals surface area contributed by atoms with Crippen LogP contribution >= 0.6 is 0 Å². The first kappa shape index (κ1) is 26.8. The van der Waals surface area contributed by atoms with Crippen molar-refractivity contribution in [3.05, 3.63) is 139 Å². The zero-order valence-corrected chi connectivity index (χ0v) is 22.2. The molecule has 2 aliphatic rings. The van der Waals surface area contributed by atoms with Gasteiger partial charge in [0.25, 0.3) is 11.4 Å². The van der Waals surface area contributed by atoms with E-state index < -0.39 is 56.2 Å². The minimum absolute atomic E-state index is 0.0510. The van der Waals surface area contributed by atoms with Crippen LogP contribution in [0.5, 0.6) is 0 Å². The van der Waals surface area contributed by atoms with Gasteiger partial charge in [-0.1, -0.05) is 35.5 Å². The van der Waals surface area contributed by atoms with E-state index in [1.165, 1.54) is 6.20 Å². The number of aromatic nitrogens is 2. The number of aromatic amines is 1. The quantitative estimate of drug-likeness (QED) is 0.144. The largest absolute Gasteiger partial charge is 0.376 e. The predicted octanol–water partition coefficient (Wildman–Crippen LogP) is 5.90.